The van der Waals surface area contributed by atoms with Gasteiger partial charge < -0.3 is 5.32 Å². The number of piperazine rings is 1. The summed E-state index contributed by atoms with van der Waals surface area (Å²) >= 11 is 0. The lowest BCUT2D eigenvalue weighted by Crippen LogP contribution is -2.58. The van der Waals surface area contributed by atoms with E-state index in [9.17, 15) is 8.42 Å². The van der Waals surface area contributed by atoms with Gasteiger partial charge in [-0.2, -0.15) is 4.31 Å². The second-order valence-corrected chi connectivity index (χ2v) is 8.12. The van der Waals surface area contributed by atoms with Gasteiger partial charge in [-0.15, -0.1) is 0 Å². The first-order chi connectivity index (χ1) is 9.79. The minimum Gasteiger partial charge on any atom is -0.316 e. The van der Waals surface area contributed by atoms with E-state index in [-0.39, 0.29) is 5.54 Å². The quantitative estimate of drug-likeness (QED) is 0.905. The molecule has 1 N–H and O–H groups in total. The van der Waals surface area contributed by atoms with Crippen LogP contribution >= 0.6 is 0 Å². The second kappa shape index (κ2) is 6.04. The largest absolute Gasteiger partial charge is 0.316 e. The number of hydrogen-bond acceptors (Lipinski definition) is 4. The van der Waals surface area contributed by atoms with E-state index in [2.05, 4.69) is 24.1 Å². The van der Waals surface area contributed by atoms with Crippen LogP contribution in [0.1, 0.15) is 19.4 Å². The summed E-state index contributed by atoms with van der Waals surface area (Å²) in [6, 6.07) is 7.23. The molecular weight excluding hydrogens is 286 g/mol. The molecule has 0 bridgehead atoms. The van der Waals surface area contributed by atoms with Crippen LogP contribution in [0, 0.1) is 0 Å². The predicted molar refractivity (Wildman–Crippen MR) is 84.7 cm³/mol. The number of nitrogens with one attached hydrogen (secondary N) is 1. The maximum Gasteiger partial charge on any atom is 0.243 e. The van der Waals surface area contributed by atoms with Gasteiger partial charge in [0.25, 0.3) is 0 Å². The molecular formula is C15H25N3O2S. The third-order valence-electron chi connectivity index (χ3n) is 4.24. The van der Waals surface area contributed by atoms with Gasteiger partial charge in [0, 0.05) is 31.7 Å². The van der Waals surface area contributed by atoms with Crippen LogP contribution in [0.4, 0.5) is 0 Å². The van der Waals surface area contributed by atoms with Crippen LogP contribution < -0.4 is 5.32 Å². The van der Waals surface area contributed by atoms with Crippen molar-refractivity contribution in [2.75, 3.05) is 33.7 Å². The van der Waals surface area contributed by atoms with E-state index >= 15 is 0 Å². The summed E-state index contributed by atoms with van der Waals surface area (Å²) in [5.74, 6) is 0. The molecule has 0 aromatic heterocycles. The molecule has 0 atom stereocenters. The van der Waals surface area contributed by atoms with E-state index < -0.39 is 10.0 Å². The lowest BCUT2D eigenvalue weighted by molar-refractivity contribution is 0.0801. The third-order valence-corrected chi connectivity index (χ3v) is 6.18. The van der Waals surface area contributed by atoms with Crippen molar-refractivity contribution in [1.82, 2.24) is 14.5 Å². The van der Waals surface area contributed by atoms with Gasteiger partial charge in [0.15, 0.2) is 0 Å². The topological polar surface area (TPSA) is 52.7 Å². The van der Waals surface area contributed by atoms with Crippen LogP contribution in [0.5, 0.6) is 0 Å². The van der Waals surface area contributed by atoms with Crippen molar-refractivity contribution in [3.63, 3.8) is 0 Å². The smallest absolute Gasteiger partial charge is 0.243 e. The van der Waals surface area contributed by atoms with Crippen LogP contribution in [0.3, 0.4) is 0 Å². The molecule has 5 nitrogen and oxygen atoms in total. The highest BCUT2D eigenvalue weighted by Gasteiger charge is 2.37. The fourth-order valence-electron chi connectivity index (χ4n) is 2.63. The van der Waals surface area contributed by atoms with Crippen molar-refractivity contribution in [2.45, 2.75) is 30.8 Å². The molecule has 1 fully saturated rings. The first kappa shape index (κ1) is 16.4. The lowest BCUT2D eigenvalue weighted by atomic mass is 10.0. The number of likely N-dealkylation sites (N-methyl/N-ethyl adjacent to an activating group) is 1. The molecule has 1 aromatic carbocycles. The van der Waals surface area contributed by atoms with Crippen LogP contribution in [0.2, 0.25) is 0 Å². The maximum atomic E-state index is 13.0. The molecule has 21 heavy (non-hydrogen) atoms. The van der Waals surface area contributed by atoms with E-state index in [1.165, 1.54) is 0 Å². The fraction of sp³-hybridized carbons (Fsp3) is 0.600. The number of rotatable bonds is 4. The van der Waals surface area contributed by atoms with Gasteiger partial charge in [-0.25, -0.2) is 8.42 Å². The molecule has 0 amide bonds. The molecule has 1 aliphatic heterocycles. The van der Waals surface area contributed by atoms with E-state index in [4.69, 9.17) is 0 Å². The summed E-state index contributed by atoms with van der Waals surface area (Å²) in [5, 5.41) is 3.03. The summed E-state index contributed by atoms with van der Waals surface area (Å²) in [4.78, 5) is 2.62. The molecule has 2 rings (SSSR count). The second-order valence-electron chi connectivity index (χ2n) is 6.21. The molecule has 0 aliphatic carbocycles. The van der Waals surface area contributed by atoms with Crippen molar-refractivity contribution in [3.05, 3.63) is 29.8 Å². The zero-order chi connectivity index (χ0) is 15.7. The van der Waals surface area contributed by atoms with Gasteiger partial charge in [-0.05, 0) is 39.6 Å². The van der Waals surface area contributed by atoms with Gasteiger partial charge >= 0.3 is 0 Å². The number of benzene rings is 1. The van der Waals surface area contributed by atoms with E-state index in [1.807, 2.05) is 26.2 Å². The number of nitrogens with zero attached hydrogens (tertiary/aromatic N) is 2. The molecule has 0 unspecified atom stereocenters. The van der Waals surface area contributed by atoms with Gasteiger partial charge in [-0.3, -0.25) is 4.90 Å². The number of hydrogen-bond donors (Lipinski definition) is 1. The molecule has 1 saturated heterocycles. The number of sulfonamides is 1. The standard InChI is InChI=1S/C15H25N3O2S/c1-15(2)12-18(10-9-17(15)4)21(19,20)14-8-6-5-7-13(14)11-16-3/h5-8,16H,9-12H2,1-4H3. The van der Waals surface area contributed by atoms with Gasteiger partial charge in [-0.1, -0.05) is 18.2 Å². The maximum absolute atomic E-state index is 13.0. The molecule has 1 heterocycles. The monoisotopic (exact) mass is 311 g/mol. The Hall–Kier alpha value is -0.950. The average Bonchev–Trinajstić information content (AvgIpc) is 2.42. The molecule has 0 saturated carbocycles. The van der Waals surface area contributed by atoms with Crippen molar-refractivity contribution >= 4 is 10.0 Å². The Morgan fingerprint density at radius 1 is 1.24 bits per heavy atom. The normalized spacial score (nSPS) is 20.6. The van der Waals surface area contributed by atoms with E-state index in [0.717, 1.165) is 12.1 Å². The molecule has 6 heteroatoms. The minimum atomic E-state index is -3.44. The Morgan fingerprint density at radius 3 is 2.52 bits per heavy atom. The fourth-order valence-corrected chi connectivity index (χ4v) is 4.44. The zero-order valence-electron chi connectivity index (χ0n) is 13.3. The third kappa shape index (κ3) is 3.29. The summed E-state index contributed by atoms with van der Waals surface area (Å²) in [6.45, 7) is 6.51. The summed E-state index contributed by atoms with van der Waals surface area (Å²) in [6.07, 6.45) is 0. The average molecular weight is 311 g/mol. The van der Waals surface area contributed by atoms with Crippen molar-refractivity contribution < 1.29 is 8.42 Å². The van der Waals surface area contributed by atoms with Crippen molar-refractivity contribution in [3.8, 4) is 0 Å². The predicted octanol–water partition coefficient (Wildman–Crippen LogP) is 1.12. The molecule has 0 radical (unpaired) electrons. The Labute approximate surface area is 128 Å². The lowest BCUT2D eigenvalue weighted by Gasteiger charge is -2.44. The molecule has 118 valence electrons. The molecule has 0 spiro atoms. The van der Waals surface area contributed by atoms with Crippen molar-refractivity contribution in [2.24, 2.45) is 0 Å². The molecule has 1 aliphatic rings. The van der Waals surface area contributed by atoms with Crippen LogP contribution in [0.25, 0.3) is 0 Å². The summed E-state index contributed by atoms with van der Waals surface area (Å²) in [7, 11) is 0.420. The highest BCUT2D eigenvalue weighted by Crippen LogP contribution is 2.26. The first-order valence-electron chi connectivity index (χ1n) is 7.23. The van der Waals surface area contributed by atoms with Gasteiger partial charge in [0.2, 0.25) is 10.0 Å². The Kier molecular flexibility index (Phi) is 4.72. The Bertz CT molecular complexity index is 599. The molecule has 1 aromatic rings. The van der Waals surface area contributed by atoms with Gasteiger partial charge in [0.1, 0.15) is 0 Å². The zero-order valence-corrected chi connectivity index (χ0v) is 14.1. The first-order valence-corrected chi connectivity index (χ1v) is 8.67. The summed E-state index contributed by atoms with van der Waals surface area (Å²) in [5.41, 5.74) is 0.667. The van der Waals surface area contributed by atoms with Crippen LogP contribution in [-0.2, 0) is 16.6 Å². The van der Waals surface area contributed by atoms with Crippen LogP contribution in [0.15, 0.2) is 29.2 Å². The summed E-state index contributed by atoms with van der Waals surface area (Å²) < 4.78 is 27.5. The van der Waals surface area contributed by atoms with Crippen molar-refractivity contribution in [1.29, 1.82) is 0 Å². The van der Waals surface area contributed by atoms with E-state index in [1.54, 1.807) is 16.4 Å². The minimum absolute atomic E-state index is 0.150. The SMILES string of the molecule is CNCc1ccccc1S(=O)(=O)N1CCN(C)C(C)(C)C1. The highest BCUT2D eigenvalue weighted by molar-refractivity contribution is 7.89. The Morgan fingerprint density at radius 2 is 1.90 bits per heavy atom. The van der Waals surface area contributed by atoms with E-state index in [0.29, 0.717) is 24.5 Å². The van der Waals surface area contributed by atoms with Gasteiger partial charge in [0.05, 0.1) is 4.90 Å². The highest BCUT2D eigenvalue weighted by atomic mass is 32.2. The van der Waals surface area contributed by atoms with Crippen LogP contribution in [-0.4, -0.2) is 56.9 Å². The Balaban J connectivity index is 2.35.